The highest BCUT2D eigenvalue weighted by atomic mass is 127. The third-order valence-corrected chi connectivity index (χ3v) is 5.75. The van der Waals surface area contributed by atoms with E-state index in [4.69, 9.17) is 4.74 Å². The average Bonchev–Trinajstić information content (AvgIpc) is 3.15. The molecule has 0 aromatic heterocycles. The number of aliphatic imine (C=N–C) groups is 1. The van der Waals surface area contributed by atoms with Gasteiger partial charge in [0.05, 0.1) is 13.2 Å². The second-order valence-corrected chi connectivity index (χ2v) is 8.71. The first-order valence-corrected chi connectivity index (χ1v) is 10.3. The van der Waals surface area contributed by atoms with Gasteiger partial charge in [-0.25, -0.2) is 0 Å². The molecule has 2 heterocycles. The van der Waals surface area contributed by atoms with Crippen molar-refractivity contribution in [1.29, 1.82) is 0 Å². The van der Waals surface area contributed by atoms with Gasteiger partial charge >= 0.3 is 0 Å². The summed E-state index contributed by atoms with van der Waals surface area (Å²) in [6, 6.07) is 9.68. The van der Waals surface area contributed by atoms with Crippen molar-refractivity contribution in [2.24, 2.45) is 4.99 Å². The fourth-order valence-corrected chi connectivity index (χ4v) is 4.00. The van der Waals surface area contributed by atoms with Crippen molar-refractivity contribution in [3.63, 3.8) is 0 Å². The van der Waals surface area contributed by atoms with Crippen LogP contribution in [-0.2, 0) is 16.6 Å². The highest BCUT2D eigenvalue weighted by molar-refractivity contribution is 14.0. The molecule has 0 spiro atoms. The quantitative estimate of drug-likeness (QED) is 0.392. The van der Waals surface area contributed by atoms with Crippen molar-refractivity contribution < 1.29 is 4.74 Å². The Morgan fingerprint density at radius 3 is 2.43 bits per heavy atom. The molecule has 1 aromatic rings. The number of benzene rings is 1. The summed E-state index contributed by atoms with van der Waals surface area (Å²) in [5, 5.41) is 3.56. The minimum absolute atomic E-state index is 0. The van der Waals surface area contributed by atoms with E-state index < -0.39 is 0 Å². The molecule has 1 aromatic carbocycles. The van der Waals surface area contributed by atoms with E-state index in [1.165, 1.54) is 17.5 Å². The highest BCUT2D eigenvalue weighted by Gasteiger charge is 2.30. The molecule has 2 aliphatic heterocycles. The summed E-state index contributed by atoms with van der Waals surface area (Å²) in [6.07, 6.45) is 2.24. The van der Waals surface area contributed by atoms with E-state index in [1.54, 1.807) is 0 Å². The molecule has 3 rings (SSSR count). The Kier molecular flexibility index (Phi) is 9.02. The molecule has 28 heavy (non-hydrogen) atoms. The van der Waals surface area contributed by atoms with E-state index in [0.717, 1.165) is 58.3 Å². The van der Waals surface area contributed by atoms with E-state index >= 15 is 0 Å². The Morgan fingerprint density at radius 1 is 1.14 bits per heavy atom. The second kappa shape index (κ2) is 10.8. The third kappa shape index (κ3) is 6.32. The van der Waals surface area contributed by atoms with Gasteiger partial charge in [0, 0.05) is 45.8 Å². The Balaban J connectivity index is 0.00000280. The maximum absolute atomic E-state index is 5.48. The monoisotopic (exact) mass is 500 g/mol. The van der Waals surface area contributed by atoms with Crippen LogP contribution in [0.2, 0.25) is 0 Å². The zero-order valence-electron chi connectivity index (χ0n) is 17.9. The van der Waals surface area contributed by atoms with Gasteiger partial charge < -0.3 is 15.0 Å². The molecular weight excluding hydrogens is 463 g/mol. The minimum Gasteiger partial charge on any atom is -0.379 e. The lowest BCUT2D eigenvalue weighted by molar-refractivity contribution is 0.0195. The normalized spacial score (nSPS) is 21.5. The maximum atomic E-state index is 5.48. The number of morpholine rings is 1. The molecule has 0 aliphatic carbocycles. The van der Waals surface area contributed by atoms with Crippen LogP contribution < -0.4 is 5.32 Å². The van der Waals surface area contributed by atoms with E-state index in [2.05, 4.69) is 65.1 Å². The summed E-state index contributed by atoms with van der Waals surface area (Å²) in [5.41, 5.74) is 2.98. The van der Waals surface area contributed by atoms with E-state index in [0.29, 0.717) is 6.04 Å². The molecule has 2 saturated heterocycles. The lowest BCUT2D eigenvalue weighted by Gasteiger charge is -2.32. The summed E-state index contributed by atoms with van der Waals surface area (Å²) in [7, 11) is 1.89. The van der Waals surface area contributed by atoms with Gasteiger partial charge in [-0.2, -0.15) is 0 Å². The van der Waals surface area contributed by atoms with Gasteiger partial charge in [-0.3, -0.25) is 9.89 Å². The van der Waals surface area contributed by atoms with Crippen LogP contribution in [0.3, 0.4) is 0 Å². The molecule has 0 saturated carbocycles. The average molecular weight is 500 g/mol. The number of hydrogen-bond donors (Lipinski definition) is 1. The maximum Gasteiger partial charge on any atom is 0.193 e. The van der Waals surface area contributed by atoms with Crippen molar-refractivity contribution >= 4 is 29.9 Å². The molecular formula is C22H37IN4O. The van der Waals surface area contributed by atoms with Gasteiger partial charge in [0.1, 0.15) is 0 Å². The van der Waals surface area contributed by atoms with Crippen LogP contribution in [0.1, 0.15) is 38.3 Å². The molecule has 1 N–H and O–H groups in total. The summed E-state index contributed by atoms with van der Waals surface area (Å²) in [5.74, 6) is 1.04. The standard InChI is InChI=1S/C22H36N4O.HI/c1-22(2,3)19-7-5-18(6-8-19)9-11-24-21(23-4)26-12-10-20(17-26)25-13-15-27-16-14-25;/h5-8,20H,9-17H2,1-4H3,(H,23,24);1H. The molecule has 0 bridgehead atoms. The van der Waals surface area contributed by atoms with Gasteiger partial charge in [0.2, 0.25) is 0 Å². The van der Waals surface area contributed by atoms with E-state index in [-0.39, 0.29) is 29.4 Å². The lowest BCUT2D eigenvalue weighted by Crippen LogP contribution is -2.46. The summed E-state index contributed by atoms with van der Waals surface area (Å²) >= 11 is 0. The third-order valence-electron chi connectivity index (χ3n) is 5.75. The predicted molar refractivity (Wildman–Crippen MR) is 128 cm³/mol. The molecule has 1 unspecified atom stereocenters. The molecule has 6 heteroatoms. The van der Waals surface area contributed by atoms with Crippen molar-refractivity contribution in [3.05, 3.63) is 35.4 Å². The van der Waals surface area contributed by atoms with Crippen molar-refractivity contribution in [3.8, 4) is 0 Å². The Bertz CT molecular complexity index is 620. The van der Waals surface area contributed by atoms with Crippen LogP contribution in [0.15, 0.2) is 29.3 Å². The summed E-state index contributed by atoms with van der Waals surface area (Å²) in [6.45, 7) is 13.7. The predicted octanol–water partition coefficient (Wildman–Crippen LogP) is 3.13. The summed E-state index contributed by atoms with van der Waals surface area (Å²) < 4.78 is 5.48. The van der Waals surface area contributed by atoms with Crippen LogP contribution in [0, 0.1) is 0 Å². The number of hydrogen-bond acceptors (Lipinski definition) is 3. The number of ether oxygens (including phenoxy) is 1. The van der Waals surface area contributed by atoms with Crippen molar-refractivity contribution in [1.82, 2.24) is 15.1 Å². The number of nitrogens with zero attached hydrogens (tertiary/aromatic N) is 3. The first kappa shape index (κ1) is 23.4. The SMILES string of the molecule is CN=C(NCCc1ccc(C(C)(C)C)cc1)N1CCC(N2CCOCC2)C1.I. The Morgan fingerprint density at radius 2 is 1.82 bits per heavy atom. The first-order valence-electron chi connectivity index (χ1n) is 10.3. The van der Waals surface area contributed by atoms with Gasteiger partial charge in [-0.1, -0.05) is 45.0 Å². The van der Waals surface area contributed by atoms with Crippen LogP contribution in [0.25, 0.3) is 0 Å². The molecule has 158 valence electrons. The number of likely N-dealkylation sites (tertiary alicyclic amines) is 1. The molecule has 0 radical (unpaired) electrons. The zero-order chi connectivity index (χ0) is 19.3. The molecule has 0 amide bonds. The second-order valence-electron chi connectivity index (χ2n) is 8.71. The van der Waals surface area contributed by atoms with Crippen LogP contribution in [0.5, 0.6) is 0 Å². The van der Waals surface area contributed by atoms with E-state index in [9.17, 15) is 0 Å². The molecule has 1 atom stereocenters. The van der Waals surface area contributed by atoms with Crippen LogP contribution in [-0.4, -0.2) is 74.8 Å². The highest BCUT2D eigenvalue weighted by Crippen LogP contribution is 2.22. The van der Waals surface area contributed by atoms with Gasteiger partial charge in [-0.05, 0) is 29.4 Å². The van der Waals surface area contributed by atoms with Gasteiger partial charge in [0.25, 0.3) is 0 Å². The number of halogens is 1. The largest absolute Gasteiger partial charge is 0.379 e. The number of rotatable bonds is 4. The lowest BCUT2D eigenvalue weighted by atomic mass is 9.86. The van der Waals surface area contributed by atoms with Crippen molar-refractivity contribution in [2.75, 3.05) is 53.0 Å². The van der Waals surface area contributed by atoms with E-state index in [1.807, 2.05) is 7.05 Å². The van der Waals surface area contributed by atoms with Crippen LogP contribution >= 0.6 is 24.0 Å². The van der Waals surface area contributed by atoms with Gasteiger partial charge in [-0.15, -0.1) is 24.0 Å². The first-order chi connectivity index (χ1) is 13.0. The number of nitrogens with one attached hydrogen (secondary N) is 1. The van der Waals surface area contributed by atoms with Crippen molar-refractivity contribution in [2.45, 2.75) is 45.1 Å². The summed E-state index contributed by atoms with van der Waals surface area (Å²) in [4.78, 5) is 9.50. The zero-order valence-corrected chi connectivity index (χ0v) is 20.2. The van der Waals surface area contributed by atoms with Crippen LogP contribution in [0.4, 0.5) is 0 Å². The van der Waals surface area contributed by atoms with Gasteiger partial charge in [0.15, 0.2) is 5.96 Å². The topological polar surface area (TPSA) is 40.1 Å². The Labute approximate surface area is 187 Å². The fraction of sp³-hybridized carbons (Fsp3) is 0.682. The Hall–Kier alpha value is -0.860. The molecule has 5 nitrogen and oxygen atoms in total. The molecule has 2 fully saturated rings. The smallest absolute Gasteiger partial charge is 0.193 e. The molecule has 2 aliphatic rings. The number of guanidine groups is 1. The minimum atomic E-state index is 0. The fourth-order valence-electron chi connectivity index (χ4n) is 4.00.